The van der Waals surface area contributed by atoms with Crippen molar-refractivity contribution in [2.24, 2.45) is 0 Å². The zero-order chi connectivity index (χ0) is 49.7. The highest BCUT2D eigenvalue weighted by Crippen LogP contribution is 2.44. The monoisotopic (exact) mass is 801 g/mol. The third-order valence-electron chi connectivity index (χ3n) is 11.4. The molecule has 3 aromatic heterocycles. The van der Waals surface area contributed by atoms with Crippen LogP contribution in [0.1, 0.15) is 13.7 Å². The van der Waals surface area contributed by atoms with Crippen molar-refractivity contribution in [1.82, 2.24) is 24.1 Å². The Balaban J connectivity index is 1.23. The molecule has 0 radical (unpaired) electrons. The molecule has 12 aromatic rings. The summed E-state index contributed by atoms with van der Waals surface area (Å²) in [7, 11) is 0. The van der Waals surface area contributed by atoms with Crippen molar-refractivity contribution in [2.45, 2.75) is 0 Å². The van der Waals surface area contributed by atoms with Gasteiger partial charge in [-0.3, -0.25) is 4.57 Å². The number of fused-ring (bicyclic) bond motifs is 7. The summed E-state index contributed by atoms with van der Waals surface area (Å²) in [6.45, 7) is 0. The third kappa shape index (κ3) is 5.90. The Hall–Kier alpha value is -8.41. The summed E-state index contributed by atoms with van der Waals surface area (Å²) in [6.07, 6.45) is 0. The lowest BCUT2D eigenvalue weighted by Crippen LogP contribution is -2.07. The van der Waals surface area contributed by atoms with Gasteiger partial charge in [0.2, 0.25) is 5.95 Å². The number of aromatic nitrogens is 5. The van der Waals surface area contributed by atoms with Gasteiger partial charge >= 0.3 is 0 Å². The van der Waals surface area contributed by atoms with Gasteiger partial charge in [0.1, 0.15) is 0 Å². The molecule has 0 fully saturated rings. The Morgan fingerprint density at radius 3 is 1.44 bits per heavy atom. The lowest BCUT2D eigenvalue weighted by molar-refractivity contribution is 0.953. The minimum absolute atomic E-state index is 0.0575. The van der Waals surface area contributed by atoms with Gasteiger partial charge in [0.25, 0.3) is 0 Å². The maximum Gasteiger partial charge on any atom is 0.238 e. The van der Waals surface area contributed by atoms with E-state index >= 15 is 0 Å². The predicted octanol–water partition coefficient (Wildman–Crippen LogP) is 14.4. The van der Waals surface area contributed by atoms with Gasteiger partial charge in [-0.25, -0.2) is 4.98 Å². The molecule has 0 aliphatic rings. The van der Waals surface area contributed by atoms with Gasteiger partial charge in [-0.2, -0.15) is 9.97 Å². The van der Waals surface area contributed by atoms with Gasteiger partial charge in [0.05, 0.1) is 41.5 Å². The largest absolute Gasteiger partial charge is 0.307 e. The fourth-order valence-electron chi connectivity index (χ4n) is 8.57. The maximum atomic E-state index is 9.24. The molecule has 5 heteroatoms. The Kier molecular flexibility index (Phi) is 6.31. The molecule has 0 bridgehead atoms. The SMILES string of the molecule is [2H]c1c([2H])c([2H])c(-c2ccc(-c3c([2H])c([2H])c([2H])c([2H])c3[2H])c(-n3c4ccccc4c4ccc5c6ccccc6n(-c6nc(-c7ccccc7)nc(-c7ccc(-c8ccccc8)cc7)n6)c5c43)c2)c([2H])c1[2H]. The molecule has 62 heavy (non-hydrogen) atoms. The number of rotatable bonds is 7. The Morgan fingerprint density at radius 2 is 0.806 bits per heavy atom. The topological polar surface area (TPSA) is 48.5 Å². The second-order valence-corrected chi connectivity index (χ2v) is 14.9. The second-order valence-electron chi connectivity index (χ2n) is 14.9. The number of para-hydroxylation sites is 2. The van der Waals surface area contributed by atoms with E-state index in [0.717, 1.165) is 49.3 Å². The Bertz CT molecular complexity index is 4150. The van der Waals surface area contributed by atoms with Gasteiger partial charge in [0, 0.05) is 38.2 Å². The first-order chi connectivity index (χ1) is 34.9. The van der Waals surface area contributed by atoms with E-state index in [1.54, 1.807) is 18.2 Å². The van der Waals surface area contributed by atoms with Gasteiger partial charge < -0.3 is 4.57 Å². The van der Waals surface area contributed by atoms with Crippen LogP contribution in [0, 0.1) is 0 Å². The quantitative estimate of drug-likeness (QED) is 0.161. The van der Waals surface area contributed by atoms with Crippen LogP contribution in [0.25, 0.3) is 111 Å². The second kappa shape index (κ2) is 14.7. The molecular weight excluding hydrogens is 755 g/mol. The van der Waals surface area contributed by atoms with Crippen LogP contribution in [0.5, 0.6) is 0 Å². The lowest BCUT2D eigenvalue weighted by Gasteiger charge is -2.17. The minimum Gasteiger partial charge on any atom is -0.307 e. The molecule has 290 valence electrons. The average Bonchev–Trinajstić information content (AvgIpc) is 3.95. The molecule has 0 unspecified atom stereocenters. The van der Waals surface area contributed by atoms with Gasteiger partial charge in [-0.15, -0.1) is 0 Å². The Labute approximate surface area is 372 Å². The summed E-state index contributed by atoms with van der Waals surface area (Å²) in [4.78, 5) is 15.6. The van der Waals surface area contributed by atoms with Crippen molar-refractivity contribution >= 4 is 43.6 Å². The first-order valence-corrected chi connectivity index (χ1v) is 20.1. The summed E-state index contributed by atoms with van der Waals surface area (Å²) < 4.78 is 92.0. The molecule has 0 atom stereocenters. The van der Waals surface area contributed by atoms with Crippen molar-refractivity contribution < 1.29 is 13.7 Å². The fourth-order valence-corrected chi connectivity index (χ4v) is 8.57. The van der Waals surface area contributed by atoms with Crippen molar-refractivity contribution in [3.63, 3.8) is 0 Å². The predicted molar refractivity (Wildman–Crippen MR) is 256 cm³/mol. The Morgan fingerprint density at radius 1 is 0.339 bits per heavy atom. The molecule has 0 saturated heterocycles. The number of hydrogen-bond donors (Lipinski definition) is 0. The third-order valence-corrected chi connectivity index (χ3v) is 11.4. The van der Waals surface area contributed by atoms with Crippen LogP contribution in [-0.2, 0) is 0 Å². The zero-order valence-corrected chi connectivity index (χ0v) is 32.8. The van der Waals surface area contributed by atoms with Crippen LogP contribution in [0.15, 0.2) is 224 Å². The van der Waals surface area contributed by atoms with Crippen LogP contribution in [0.4, 0.5) is 0 Å². The van der Waals surface area contributed by atoms with Gasteiger partial charge in [0.15, 0.2) is 11.6 Å². The fraction of sp³-hybridized carbons (Fsp3) is 0. The molecule has 3 heterocycles. The summed E-state index contributed by atoms with van der Waals surface area (Å²) >= 11 is 0. The maximum absolute atomic E-state index is 9.24. The summed E-state index contributed by atoms with van der Waals surface area (Å²) in [5.41, 5.74) is 7.14. The molecule has 0 N–H and O–H groups in total. The van der Waals surface area contributed by atoms with Crippen LogP contribution in [0.3, 0.4) is 0 Å². The molecule has 0 aliphatic carbocycles. The summed E-state index contributed by atoms with van der Waals surface area (Å²) in [5, 5.41) is 3.35. The summed E-state index contributed by atoms with van der Waals surface area (Å²) in [5.74, 6) is 1.20. The van der Waals surface area contributed by atoms with E-state index in [0.29, 0.717) is 39.8 Å². The standard InChI is InChI=1S/C57H37N5/c1-5-17-38(18-6-1)40-29-31-43(32-30-40)56-58-55(42-23-11-4-12-24-42)59-57(60-56)62-51-28-16-14-26-47(51)49-36-35-48-46-25-13-15-27-50(46)61(53(48)54(49)62)52-37-44(39-19-7-2-8-20-39)33-34-45(52)41-21-9-3-10-22-41/h1-37H/i2D,3D,7D,8D,9D,10D,19D,20D,21D,22D. The van der Waals surface area contributed by atoms with E-state index in [1.807, 2.05) is 137 Å². The number of nitrogens with zero attached hydrogens (tertiary/aromatic N) is 5. The average molecular weight is 802 g/mol. The van der Waals surface area contributed by atoms with Crippen molar-refractivity contribution in [2.75, 3.05) is 0 Å². The van der Waals surface area contributed by atoms with Crippen molar-refractivity contribution in [3.8, 4) is 67.8 Å². The van der Waals surface area contributed by atoms with Crippen LogP contribution < -0.4 is 0 Å². The molecule has 9 aromatic carbocycles. The zero-order valence-electron chi connectivity index (χ0n) is 42.8. The van der Waals surface area contributed by atoms with E-state index in [-0.39, 0.29) is 22.3 Å². The lowest BCUT2D eigenvalue weighted by atomic mass is 9.98. The molecule has 12 rings (SSSR count). The molecule has 0 amide bonds. The molecule has 0 saturated carbocycles. The number of hydrogen-bond acceptors (Lipinski definition) is 3. The van der Waals surface area contributed by atoms with E-state index in [1.165, 1.54) is 0 Å². The highest BCUT2D eigenvalue weighted by molar-refractivity contribution is 6.24. The highest BCUT2D eigenvalue weighted by Gasteiger charge is 2.25. The minimum atomic E-state index is -0.548. The van der Waals surface area contributed by atoms with E-state index in [9.17, 15) is 2.74 Å². The van der Waals surface area contributed by atoms with Crippen molar-refractivity contribution in [1.29, 1.82) is 0 Å². The van der Waals surface area contributed by atoms with Gasteiger partial charge in [-0.1, -0.05) is 206 Å². The highest BCUT2D eigenvalue weighted by atomic mass is 15.2. The van der Waals surface area contributed by atoms with Gasteiger partial charge in [-0.05, 0) is 46.0 Å². The van der Waals surface area contributed by atoms with Crippen molar-refractivity contribution in [3.05, 3.63) is 224 Å². The molecule has 0 spiro atoms. The molecular formula is C57H37N5. The van der Waals surface area contributed by atoms with E-state index < -0.39 is 60.4 Å². The number of benzene rings is 9. The first kappa shape index (κ1) is 26.6. The summed E-state index contributed by atoms with van der Waals surface area (Å²) in [6, 6.07) is 47.7. The first-order valence-electron chi connectivity index (χ1n) is 25.1. The van der Waals surface area contributed by atoms with E-state index in [4.69, 9.17) is 25.9 Å². The molecule has 0 aliphatic heterocycles. The normalized spacial score (nSPS) is 13.8. The van der Waals surface area contributed by atoms with Crippen LogP contribution in [-0.4, -0.2) is 24.1 Å². The smallest absolute Gasteiger partial charge is 0.238 e. The molecule has 5 nitrogen and oxygen atoms in total. The van der Waals surface area contributed by atoms with Crippen LogP contribution in [0.2, 0.25) is 0 Å². The van der Waals surface area contributed by atoms with Crippen LogP contribution >= 0.6 is 0 Å². The van der Waals surface area contributed by atoms with E-state index in [2.05, 4.69) is 18.2 Å².